The van der Waals surface area contributed by atoms with E-state index < -0.39 is 0 Å². The number of fused-ring (bicyclic) bond motifs is 4. The first-order valence-corrected chi connectivity index (χ1v) is 54.1. The van der Waals surface area contributed by atoms with Crippen LogP contribution in [0.5, 0.6) is 0 Å². The van der Waals surface area contributed by atoms with Crippen molar-refractivity contribution < 1.29 is 100 Å². The fourth-order valence-electron chi connectivity index (χ4n) is 23.4. The number of carbonyl (C=O) groups is 2. The Labute approximate surface area is 946 Å². The Morgan fingerprint density at radius 3 is 1.19 bits per heavy atom. The summed E-state index contributed by atoms with van der Waals surface area (Å²) >= 11 is 0. The molecule has 16 aromatic rings. The van der Waals surface area contributed by atoms with Crippen LogP contribution in [0.3, 0.4) is 0 Å². The number of aryl methyl sites for hydroxylation is 1. The van der Waals surface area contributed by atoms with Crippen LogP contribution < -0.4 is 0 Å². The van der Waals surface area contributed by atoms with E-state index in [0.717, 1.165) is 165 Å². The summed E-state index contributed by atoms with van der Waals surface area (Å²) < 4.78 is 0. The third kappa shape index (κ3) is 28.6. The Morgan fingerprint density at radius 1 is 0.373 bits per heavy atom. The second-order valence-corrected chi connectivity index (χ2v) is 43.6. The van der Waals surface area contributed by atoms with E-state index in [9.17, 15) is 14.7 Å². The molecule has 0 unspecified atom stereocenters. The third-order valence-electron chi connectivity index (χ3n) is 30.9. The van der Waals surface area contributed by atoms with Crippen LogP contribution in [-0.4, -0.2) is 51.7 Å². The number of carbonyl (C=O) groups excluding carboxylic acids is 2. The van der Waals surface area contributed by atoms with Gasteiger partial charge in [-0.2, -0.15) is 0 Å². The number of pyridine rings is 6. The molecular weight excluding hydrogens is 2550 g/mol. The molecule has 2 N–H and O–H groups in total. The number of hydrogen-bond donors (Lipinski definition) is 2. The molecule has 0 spiro atoms. The van der Waals surface area contributed by atoms with E-state index in [1.807, 2.05) is 126 Å². The Bertz CT molecular complexity index is 6870. The summed E-state index contributed by atoms with van der Waals surface area (Å²) in [5, 5.41) is 24.5. The van der Waals surface area contributed by atoms with Crippen molar-refractivity contribution in [1.29, 1.82) is 0 Å². The monoisotopic (exact) mass is 2700 g/mol. The number of aromatic nitrogens is 6. The Morgan fingerprint density at radius 2 is 0.793 bits per heavy atom. The maximum absolute atomic E-state index is 11.7. The molecule has 150 heavy (non-hydrogen) atoms. The van der Waals surface area contributed by atoms with Crippen molar-refractivity contribution in [2.75, 3.05) is 0 Å². The number of benzene rings is 10. The molecule has 4 saturated carbocycles. The summed E-state index contributed by atoms with van der Waals surface area (Å²) in [5.41, 5.74) is 35.6. The molecule has 784 valence electrons. The van der Waals surface area contributed by atoms with E-state index >= 15 is 0 Å². The van der Waals surface area contributed by atoms with E-state index in [1.54, 1.807) is 11.8 Å². The van der Waals surface area contributed by atoms with Gasteiger partial charge in [-0.25, -0.2) is 0 Å². The topological polar surface area (TPSA) is 152 Å². The summed E-state index contributed by atoms with van der Waals surface area (Å²) in [6.45, 7) is 31.1. The minimum atomic E-state index is -0.125. The van der Waals surface area contributed by atoms with E-state index in [1.165, 1.54) is 208 Å². The number of hydrogen-bond acceptors (Lipinski definition) is 10. The normalized spacial score (nSPS) is 17.5. The zero-order valence-electron chi connectivity index (χ0n) is 89.7. The maximum Gasteiger partial charge on any atom is 0.162 e. The first kappa shape index (κ1) is 116. The molecule has 12 aliphatic rings. The van der Waals surface area contributed by atoms with Crippen molar-refractivity contribution in [1.82, 2.24) is 29.9 Å². The fourth-order valence-corrected chi connectivity index (χ4v) is 23.4. The molecule has 4 fully saturated rings. The molecule has 0 saturated heterocycles. The van der Waals surface area contributed by atoms with Crippen LogP contribution >= 0.6 is 0 Å². The second-order valence-electron chi connectivity index (χ2n) is 43.6. The van der Waals surface area contributed by atoms with Gasteiger partial charge in [0.1, 0.15) is 0 Å². The molecule has 0 aliphatic heterocycles. The predicted octanol–water partition coefficient (Wildman–Crippen LogP) is 34.0. The molecule has 12 aliphatic carbocycles. The van der Waals surface area contributed by atoms with E-state index in [2.05, 4.69) is 266 Å². The average Bonchev–Trinajstić information content (AvgIpc) is 0.749. The predicted molar refractivity (Wildman–Crippen MR) is 603 cm³/mol. The largest absolute Gasteiger partial charge is 0.512 e. The second kappa shape index (κ2) is 54.6. The molecule has 10 nitrogen and oxygen atoms in total. The van der Waals surface area contributed by atoms with Gasteiger partial charge in [-0.3, -0.25) is 24.5 Å². The van der Waals surface area contributed by atoms with Crippen molar-refractivity contribution in [3.8, 4) is 67.5 Å². The molecule has 10 aromatic carbocycles. The number of aliphatic hydroxyl groups excluding tert-OH is 2. The Kier molecular flexibility index (Phi) is 42.3. The van der Waals surface area contributed by atoms with Crippen LogP contribution in [0.15, 0.2) is 285 Å². The van der Waals surface area contributed by atoms with Crippen LogP contribution in [0.4, 0.5) is 0 Å². The van der Waals surface area contributed by atoms with Gasteiger partial charge in [-0.1, -0.05) is 243 Å². The smallest absolute Gasteiger partial charge is 0.162 e. The molecule has 28 rings (SSSR count). The number of rotatable bonds is 21. The van der Waals surface area contributed by atoms with Crippen molar-refractivity contribution in [3.05, 3.63) is 394 Å². The molecule has 4 radical (unpaired) electrons. The van der Waals surface area contributed by atoms with Gasteiger partial charge >= 0.3 is 0 Å². The molecule has 6 aromatic heterocycles. The SMILES string of the molecule is CC(=O)C=C(C)O.CC(C)Cc1cccc2nc(-c3[c-]ccc4c3C3CC(C4)C3)ccc12.CC(C)Cc1cccc2nc(-c3[c-]ccc4c3C3CC(C4)C3)ccc12.CC(C)Cc1cccc2nc(-c3[c-]ccc4c3C3CC(C4)C3)ccc12.CC(C)c1ccc2c(-c3[c-]cc4c(c3)C3CC(C4)C3)nccc2c1.CCC(CC)C(=O)C=C(O)C(CC)CC.Cc1cccc(-c2[c-]cccc2)n1.[Ir].[Ir].[Ir].[Ir].[c-]1ccccc1-c1ccccn1. The summed E-state index contributed by atoms with van der Waals surface area (Å²) in [6, 6.07) is 108. The van der Waals surface area contributed by atoms with Crippen LogP contribution in [-0.2, 0) is 135 Å². The van der Waals surface area contributed by atoms with Gasteiger partial charge in [0.25, 0.3) is 0 Å². The summed E-state index contributed by atoms with van der Waals surface area (Å²) in [6.07, 6.45) is 29.1. The average molecular weight is 2700 g/mol. The van der Waals surface area contributed by atoms with E-state index in [-0.39, 0.29) is 115 Å². The van der Waals surface area contributed by atoms with Crippen LogP contribution in [0.1, 0.15) is 276 Å². The van der Waals surface area contributed by atoms with Crippen molar-refractivity contribution in [3.63, 3.8) is 0 Å². The van der Waals surface area contributed by atoms with E-state index in [0.29, 0.717) is 23.7 Å². The third-order valence-corrected chi connectivity index (χ3v) is 30.9. The fraction of sp³-hybridized carbons (Fsp3) is 0.353. The molecule has 0 atom stereocenters. The van der Waals surface area contributed by atoms with Crippen molar-refractivity contribution in [2.45, 2.75) is 255 Å². The van der Waals surface area contributed by atoms with Gasteiger partial charge in [0, 0.05) is 139 Å². The van der Waals surface area contributed by atoms with Crippen molar-refractivity contribution in [2.24, 2.45) is 53.3 Å². The van der Waals surface area contributed by atoms with Gasteiger partial charge in [0.2, 0.25) is 0 Å². The minimum absolute atomic E-state index is 0. The standard InChI is InChI=1S/3C24H24N.C23H22N.C13H24O2.C12H10N.C11H8N.C5H8O2.4Ir/c3*1-15(2)11-17-5-4-8-22-20(17)9-10-23(25-22)21-7-3-6-18-12-16-13-19(14-16)24(18)21;1-14(2)16-5-6-21-18(12-16)7-8-24-23(21)19-4-3-17-9-15-10-20(11-15)22(17)13-19;1-5-10(6-2)12(14)9-13(15)11(7-3)8-4;1-10-6-5-9-12(13-10)11-7-3-2-4-8-11;1-2-6-10(7-3-1)11-8-4-5-9-12-11;1-4(6)3-5(2)7;;;;/h3*3-6,8-10,15-16,19H,11-14H2,1-2H3;3,5-8,12-15,20H,9-11H2,1-2H3;9-11,14H,5-8H2,1-4H3;2-7,9H,1H3;1-6,8-9H;3,6H,1-2H3;;;;/q4*-1;;2*-1;;;;;. The van der Waals surface area contributed by atoms with Crippen molar-refractivity contribution >= 4 is 55.0 Å². The molecule has 8 bridgehead atoms. The van der Waals surface area contributed by atoms with E-state index in [4.69, 9.17) is 25.0 Å². The Hall–Kier alpha value is -10.8. The minimum Gasteiger partial charge on any atom is -0.512 e. The quantitative estimate of drug-likeness (QED) is 0.0404. The van der Waals surface area contributed by atoms with Gasteiger partial charge in [0.15, 0.2) is 11.6 Å². The molecule has 14 heteroatoms. The zero-order chi connectivity index (χ0) is 102. The number of allylic oxidation sites excluding steroid dienone is 4. The molecular formula is C136H144Ir4N6O4-6. The van der Waals surface area contributed by atoms with Crippen LogP contribution in [0, 0.1) is 96.6 Å². The van der Waals surface area contributed by atoms with Gasteiger partial charge < -0.3 is 25.2 Å². The maximum atomic E-state index is 11.7. The molecule has 0 amide bonds. The zero-order valence-corrected chi connectivity index (χ0v) is 99.3. The summed E-state index contributed by atoms with van der Waals surface area (Å²) in [7, 11) is 0. The Balaban J connectivity index is 0.000000146. The van der Waals surface area contributed by atoms with Gasteiger partial charge in [-0.15, -0.1) is 211 Å². The van der Waals surface area contributed by atoms with Gasteiger partial charge in [0.05, 0.1) is 28.1 Å². The number of aliphatic hydroxyl groups is 2. The van der Waals surface area contributed by atoms with Gasteiger partial charge in [-0.05, 0) is 272 Å². The first-order chi connectivity index (χ1) is 70.8. The number of ketones is 2. The summed E-state index contributed by atoms with van der Waals surface area (Å²) in [4.78, 5) is 50.2. The summed E-state index contributed by atoms with van der Waals surface area (Å²) in [5.74, 6) is 9.74. The van der Waals surface area contributed by atoms with Crippen LogP contribution in [0.25, 0.3) is 111 Å². The first-order valence-electron chi connectivity index (χ1n) is 54.1. The number of nitrogens with zero attached hydrogens (tertiary/aromatic N) is 6. The molecule has 6 heterocycles. The van der Waals surface area contributed by atoms with Crippen LogP contribution in [0.2, 0.25) is 0 Å².